The van der Waals surface area contributed by atoms with E-state index in [1.54, 1.807) is 18.2 Å². The van der Waals surface area contributed by atoms with E-state index in [1.807, 2.05) is 30.3 Å². The minimum Gasteiger partial charge on any atom is -0.325 e. The molecular weight excluding hydrogens is 366 g/mol. The van der Waals surface area contributed by atoms with Gasteiger partial charge in [-0.05, 0) is 49.6 Å². The average Bonchev–Trinajstić information content (AvgIpc) is 3.07. The number of benzene rings is 2. The fourth-order valence-electron chi connectivity index (χ4n) is 3.46. The monoisotopic (exact) mass is 385 g/mol. The van der Waals surface area contributed by atoms with Gasteiger partial charge in [0.25, 0.3) is 0 Å². The molecule has 1 amide bonds. The molecule has 124 valence electrons. The SMILES string of the molecule is CC(=O)c1cccc(NC(=O)C2(c3ccc(Br)cc3)CCCC2)c1. The van der Waals surface area contributed by atoms with Crippen LogP contribution in [0, 0.1) is 0 Å². The highest BCUT2D eigenvalue weighted by atomic mass is 79.9. The Morgan fingerprint density at radius 1 is 1.04 bits per heavy atom. The Hall–Kier alpha value is -1.94. The van der Waals surface area contributed by atoms with Gasteiger partial charge in [-0.1, -0.05) is 53.0 Å². The van der Waals surface area contributed by atoms with E-state index in [1.165, 1.54) is 6.92 Å². The molecule has 1 N–H and O–H groups in total. The molecule has 0 spiro atoms. The van der Waals surface area contributed by atoms with Crippen molar-refractivity contribution in [3.05, 3.63) is 64.1 Å². The molecule has 0 saturated heterocycles. The molecule has 1 fully saturated rings. The number of amides is 1. The normalized spacial score (nSPS) is 15.9. The number of halogens is 1. The molecule has 0 aliphatic heterocycles. The van der Waals surface area contributed by atoms with Crippen molar-refractivity contribution in [3.63, 3.8) is 0 Å². The molecule has 2 aromatic carbocycles. The minimum absolute atomic E-state index is 0.00501. The van der Waals surface area contributed by atoms with Crippen LogP contribution < -0.4 is 5.32 Å². The van der Waals surface area contributed by atoms with Crippen molar-refractivity contribution in [1.29, 1.82) is 0 Å². The molecule has 4 heteroatoms. The fourth-order valence-corrected chi connectivity index (χ4v) is 3.73. The lowest BCUT2D eigenvalue weighted by Crippen LogP contribution is -2.38. The number of carbonyl (C=O) groups excluding carboxylic acids is 2. The summed E-state index contributed by atoms with van der Waals surface area (Å²) >= 11 is 3.45. The lowest BCUT2D eigenvalue weighted by atomic mass is 9.78. The Morgan fingerprint density at radius 3 is 2.33 bits per heavy atom. The Balaban J connectivity index is 1.89. The van der Waals surface area contributed by atoms with Crippen molar-refractivity contribution in [3.8, 4) is 0 Å². The van der Waals surface area contributed by atoms with Crippen LogP contribution in [-0.4, -0.2) is 11.7 Å². The van der Waals surface area contributed by atoms with E-state index >= 15 is 0 Å². The molecule has 0 atom stereocenters. The van der Waals surface area contributed by atoms with Crippen molar-refractivity contribution in [1.82, 2.24) is 0 Å². The van der Waals surface area contributed by atoms with E-state index in [9.17, 15) is 9.59 Å². The molecular formula is C20H20BrNO2. The first-order valence-electron chi connectivity index (χ1n) is 8.20. The number of Topliss-reactive ketones (excluding diaryl/α,β-unsaturated/α-hetero) is 1. The Morgan fingerprint density at radius 2 is 1.71 bits per heavy atom. The van der Waals surface area contributed by atoms with Gasteiger partial charge in [0.2, 0.25) is 5.91 Å². The first-order valence-corrected chi connectivity index (χ1v) is 8.99. The zero-order valence-corrected chi connectivity index (χ0v) is 15.2. The van der Waals surface area contributed by atoms with Crippen LogP contribution in [0.3, 0.4) is 0 Å². The summed E-state index contributed by atoms with van der Waals surface area (Å²) < 4.78 is 1.01. The molecule has 1 aliphatic rings. The second-order valence-corrected chi connectivity index (χ2v) is 7.30. The third kappa shape index (κ3) is 3.29. The van der Waals surface area contributed by atoms with Crippen LogP contribution in [0.4, 0.5) is 5.69 Å². The van der Waals surface area contributed by atoms with Crippen LogP contribution in [-0.2, 0) is 10.2 Å². The highest BCUT2D eigenvalue weighted by Gasteiger charge is 2.42. The molecule has 3 nitrogen and oxygen atoms in total. The van der Waals surface area contributed by atoms with Crippen LogP contribution in [0.25, 0.3) is 0 Å². The summed E-state index contributed by atoms with van der Waals surface area (Å²) in [6.45, 7) is 1.53. The number of hydrogen-bond acceptors (Lipinski definition) is 2. The van der Waals surface area contributed by atoms with E-state index in [4.69, 9.17) is 0 Å². The van der Waals surface area contributed by atoms with Crippen molar-refractivity contribution in [2.75, 3.05) is 5.32 Å². The summed E-state index contributed by atoms with van der Waals surface area (Å²) in [5.74, 6) is 0.0117. The van der Waals surface area contributed by atoms with E-state index in [0.717, 1.165) is 35.7 Å². The molecule has 0 heterocycles. The number of carbonyl (C=O) groups is 2. The maximum Gasteiger partial charge on any atom is 0.235 e. The first-order chi connectivity index (χ1) is 11.5. The van der Waals surface area contributed by atoms with Gasteiger partial charge < -0.3 is 5.32 Å². The standard InChI is InChI=1S/C20H20BrNO2/c1-14(23)15-5-4-6-18(13-15)22-19(24)20(11-2-3-12-20)16-7-9-17(21)10-8-16/h4-10,13H,2-3,11-12H2,1H3,(H,22,24). The predicted molar refractivity (Wildman–Crippen MR) is 99.4 cm³/mol. The number of anilines is 1. The van der Waals surface area contributed by atoms with Gasteiger partial charge in [0.1, 0.15) is 0 Å². The lowest BCUT2D eigenvalue weighted by molar-refractivity contribution is -0.121. The Bertz CT molecular complexity index is 761. The largest absolute Gasteiger partial charge is 0.325 e. The molecule has 24 heavy (non-hydrogen) atoms. The average molecular weight is 386 g/mol. The highest BCUT2D eigenvalue weighted by molar-refractivity contribution is 9.10. The van der Waals surface area contributed by atoms with Crippen molar-refractivity contribution < 1.29 is 9.59 Å². The van der Waals surface area contributed by atoms with Gasteiger partial charge >= 0.3 is 0 Å². The van der Waals surface area contributed by atoms with Gasteiger partial charge in [0.15, 0.2) is 5.78 Å². The number of nitrogens with one attached hydrogen (secondary N) is 1. The van der Waals surface area contributed by atoms with Crippen LogP contribution in [0.1, 0.15) is 48.5 Å². The van der Waals surface area contributed by atoms with E-state index < -0.39 is 5.41 Å². The van der Waals surface area contributed by atoms with Crippen LogP contribution in [0.2, 0.25) is 0 Å². The summed E-state index contributed by atoms with van der Waals surface area (Å²) in [5, 5.41) is 3.03. The third-order valence-electron chi connectivity index (χ3n) is 4.82. The number of rotatable bonds is 4. The maximum absolute atomic E-state index is 13.1. The van der Waals surface area contributed by atoms with Gasteiger partial charge in [-0.25, -0.2) is 0 Å². The molecule has 0 aromatic heterocycles. The summed E-state index contributed by atoms with van der Waals surface area (Å²) in [6.07, 6.45) is 3.81. The predicted octanol–water partition coefficient (Wildman–Crippen LogP) is 5.10. The Labute approximate surface area is 150 Å². The summed E-state index contributed by atoms with van der Waals surface area (Å²) in [4.78, 5) is 24.6. The van der Waals surface area contributed by atoms with Gasteiger partial charge in [0.05, 0.1) is 5.41 Å². The van der Waals surface area contributed by atoms with Crippen LogP contribution in [0.5, 0.6) is 0 Å². The summed E-state index contributed by atoms with van der Waals surface area (Å²) in [5.41, 5.74) is 1.86. The zero-order valence-electron chi connectivity index (χ0n) is 13.6. The van der Waals surface area contributed by atoms with Gasteiger partial charge in [-0.15, -0.1) is 0 Å². The maximum atomic E-state index is 13.1. The fraction of sp³-hybridized carbons (Fsp3) is 0.300. The topological polar surface area (TPSA) is 46.2 Å². The summed E-state index contributed by atoms with van der Waals surface area (Å²) in [7, 11) is 0. The molecule has 1 saturated carbocycles. The highest BCUT2D eigenvalue weighted by Crippen LogP contribution is 2.42. The molecule has 1 aliphatic carbocycles. The molecule has 3 rings (SSSR count). The van der Waals surface area contributed by atoms with Gasteiger partial charge in [-0.3, -0.25) is 9.59 Å². The van der Waals surface area contributed by atoms with Gasteiger partial charge in [-0.2, -0.15) is 0 Å². The van der Waals surface area contributed by atoms with E-state index in [0.29, 0.717) is 11.3 Å². The summed E-state index contributed by atoms with van der Waals surface area (Å²) in [6, 6.07) is 15.2. The minimum atomic E-state index is -0.479. The first kappa shape index (κ1) is 16.9. The third-order valence-corrected chi connectivity index (χ3v) is 5.34. The smallest absolute Gasteiger partial charge is 0.235 e. The van der Waals surface area contributed by atoms with Gasteiger partial charge in [0, 0.05) is 15.7 Å². The zero-order chi connectivity index (χ0) is 17.2. The second kappa shape index (κ2) is 6.89. The lowest BCUT2D eigenvalue weighted by Gasteiger charge is -2.28. The molecule has 0 unspecified atom stereocenters. The van der Waals surface area contributed by atoms with Crippen LogP contribution >= 0.6 is 15.9 Å². The van der Waals surface area contributed by atoms with Crippen molar-refractivity contribution >= 4 is 33.3 Å². The van der Waals surface area contributed by atoms with E-state index in [2.05, 4.69) is 21.2 Å². The van der Waals surface area contributed by atoms with E-state index in [-0.39, 0.29) is 11.7 Å². The Kier molecular flexibility index (Phi) is 4.86. The second-order valence-electron chi connectivity index (χ2n) is 6.39. The molecule has 0 radical (unpaired) electrons. The quantitative estimate of drug-likeness (QED) is 0.743. The van der Waals surface area contributed by atoms with Crippen molar-refractivity contribution in [2.24, 2.45) is 0 Å². The van der Waals surface area contributed by atoms with Crippen LogP contribution in [0.15, 0.2) is 53.0 Å². The number of ketones is 1. The molecule has 2 aromatic rings. The number of hydrogen-bond donors (Lipinski definition) is 1. The molecule has 0 bridgehead atoms. The van der Waals surface area contributed by atoms with Crippen molar-refractivity contribution in [2.45, 2.75) is 38.0 Å².